The zero-order chi connectivity index (χ0) is 14.1. The van der Waals surface area contributed by atoms with E-state index in [9.17, 15) is 8.78 Å². The van der Waals surface area contributed by atoms with Crippen LogP contribution < -0.4 is 10.2 Å². The van der Waals surface area contributed by atoms with Gasteiger partial charge in [-0.05, 0) is 37.0 Å². The third-order valence-corrected chi connectivity index (χ3v) is 4.11. The SMILES string of the molecule is OCC1CCN(c2c(F)cc(CNC3CC3)cc2F)C1. The Balaban J connectivity index is 1.74. The van der Waals surface area contributed by atoms with Crippen molar-refractivity contribution in [1.29, 1.82) is 0 Å². The first-order valence-electron chi connectivity index (χ1n) is 7.24. The van der Waals surface area contributed by atoms with Gasteiger partial charge in [-0.3, -0.25) is 0 Å². The van der Waals surface area contributed by atoms with Crippen molar-refractivity contribution in [2.24, 2.45) is 5.92 Å². The number of hydrogen-bond donors (Lipinski definition) is 2. The molecule has 110 valence electrons. The van der Waals surface area contributed by atoms with Crippen molar-refractivity contribution >= 4 is 5.69 Å². The molecule has 0 amide bonds. The van der Waals surface area contributed by atoms with Gasteiger partial charge in [0.2, 0.25) is 0 Å². The number of nitrogens with one attached hydrogen (secondary N) is 1. The first-order chi connectivity index (χ1) is 9.67. The minimum Gasteiger partial charge on any atom is -0.396 e. The van der Waals surface area contributed by atoms with Gasteiger partial charge in [-0.1, -0.05) is 0 Å². The molecular formula is C15H20F2N2O. The third-order valence-electron chi connectivity index (χ3n) is 4.11. The van der Waals surface area contributed by atoms with E-state index >= 15 is 0 Å². The van der Waals surface area contributed by atoms with Crippen LogP contribution in [-0.4, -0.2) is 30.8 Å². The van der Waals surface area contributed by atoms with Gasteiger partial charge in [-0.25, -0.2) is 8.78 Å². The monoisotopic (exact) mass is 282 g/mol. The van der Waals surface area contributed by atoms with Crippen LogP contribution in [0.5, 0.6) is 0 Å². The second-order valence-electron chi connectivity index (χ2n) is 5.85. The van der Waals surface area contributed by atoms with Crippen LogP contribution >= 0.6 is 0 Å². The van der Waals surface area contributed by atoms with Gasteiger partial charge in [0.25, 0.3) is 0 Å². The predicted molar refractivity (Wildman–Crippen MR) is 73.6 cm³/mol. The second-order valence-corrected chi connectivity index (χ2v) is 5.85. The van der Waals surface area contributed by atoms with E-state index < -0.39 is 11.6 Å². The molecule has 0 aromatic heterocycles. The van der Waals surface area contributed by atoms with Crippen LogP contribution in [0.1, 0.15) is 24.8 Å². The largest absolute Gasteiger partial charge is 0.396 e. The summed E-state index contributed by atoms with van der Waals surface area (Å²) in [5.41, 5.74) is 0.699. The zero-order valence-electron chi connectivity index (χ0n) is 11.4. The highest BCUT2D eigenvalue weighted by atomic mass is 19.1. The fourth-order valence-electron chi connectivity index (χ4n) is 2.76. The van der Waals surface area contributed by atoms with Crippen LogP contribution in [0.3, 0.4) is 0 Å². The highest BCUT2D eigenvalue weighted by Crippen LogP contribution is 2.30. The molecule has 0 spiro atoms. The maximum atomic E-state index is 14.2. The number of anilines is 1. The summed E-state index contributed by atoms with van der Waals surface area (Å²) in [6, 6.07) is 3.35. The standard InChI is InChI=1S/C15H20F2N2O/c16-13-5-11(7-18-12-1-2-12)6-14(17)15(13)19-4-3-10(8-19)9-20/h5-6,10,12,18,20H,1-4,7-9H2. The summed E-state index contributed by atoms with van der Waals surface area (Å²) in [6.45, 7) is 1.70. The van der Waals surface area contributed by atoms with Crippen molar-refractivity contribution in [1.82, 2.24) is 5.32 Å². The Kier molecular flexibility index (Phi) is 3.89. The van der Waals surface area contributed by atoms with E-state index in [2.05, 4.69) is 5.32 Å². The summed E-state index contributed by atoms with van der Waals surface area (Å²) in [4.78, 5) is 1.70. The van der Waals surface area contributed by atoms with E-state index in [1.807, 2.05) is 0 Å². The molecule has 1 saturated carbocycles. The molecule has 2 N–H and O–H groups in total. The van der Waals surface area contributed by atoms with Crippen LogP contribution in [0.2, 0.25) is 0 Å². The summed E-state index contributed by atoms with van der Waals surface area (Å²) < 4.78 is 28.3. The number of nitrogens with zero attached hydrogens (tertiary/aromatic N) is 1. The Morgan fingerprint density at radius 1 is 1.20 bits per heavy atom. The van der Waals surface area contributed by atoms with E-state index in [4.69, 9.17) is 5.11 Å². The molecule has 3 nitrogen and oxygen atoms in total. The number of rotatable bonds is 5. The molecule has 1 heterocycles. The van der Waals surface area contributed by atoms with Gasteiger partial charge in [0.15, 0.2) is 0 Å². The van der Waals surface area contributed by atoms with Crippen LogP contribution in [-0.2, 0) is 6.54 Å². The normalized spacial score (nSPS) is 22.6. The quantitative estimate of drug-likeness (QED) is 0.867. The smallest absolute Gasteiger partial charge is 0.149 e. The lowest BCUT2D eigenvalue weighted by Crippen LogP contribution is -2.23. The Hall–Kier alpha value is -1.20. The molecule has 1 aliphatic heterocycles. The molecular weight excluding hydrogens is 262 g/mol. The highest BCUT2D eigenvalue weighted by molar-refractivity contribution is 5.51. The van der Waals surface area contributed by atoms with Crippen LogP contribution in [0.15, 0.2) is 12.1 Å². The molecule has 3 rings (SSSR count). The third kappa shape index (κ3) is 2.94. The minimum absolute atomic E-state index is 0.0520. The molecule has 1 saturated heterocycles. The van der Waals surface area contributed by atoms with Crippen molar-refractivity contribution in [2.75, 3.05) is 24.6 Å². The molecule has 20 heavy (non-hydrogen) atoms. The van der Waals surface area contributed by atoms with Gasteiger partial charge in [-0.2, -0.15) is 0 Å². The highest BCUT2D eigenvalue weighted by Gasteiger charge is 2.27. The Morgan fingerprint density at radius 2 is 1.90 bits per heavy atom. The van der Waals surface area contributed by atoms with Gasteiger partial charge in [0, 0.05) is 38.2 Å². The summed E-state index contributed by atoms with van der Waals surface area (Å²) in [5, 5.41) is 12.4. The zero-order valence-corrected chi connectivity index (χ0v) is 11.4. The van der Waals surface area contributed by atoms with Crippen molar-refractivity contribution in [3.8, 4) is 0 Å². The predicted octanol–water partition coefficient (Wildman–Crippen LogP) is 2.04. The molecule has 1 unspecified atom stereocenters. The number of benzene rings is 1. The van der Waals surface area contributed by atoms with E-state index in [0.717, 1.165) is 19.3 Å². The van der Waals surface area contributed by atoms with Gasteiger partial charge < -0.3 is 15.3 Å². The molecule has 1 aliphatic carbocycles. The number of aliphatic hydroxyl groups excluding tert-OH is 1. The second kappa shape index (κ2) is 5.66. The number of halogens is 2. The number of aliphatic hydroxyl groups is 1. The number of hydrogen-bond acceptors (Lipinski definition) is 3. The summed E-state index contributed by atoms with van der Waals surface area (Å²) in [7, 11) is 0. The van der Waals surface area contributed by atoms with Gasteiger partial charge >= 0.3 is 0 Å². The van der Waals surface area contributed by atoms with Crippen molar-refractivity contribution in [3.63, 3.8) is 0 Å². The van der Waals surface area contributed by atoms with Crippen LogP contribution in [0.25, 0.3) is 0 Å². The van der Waals surface area contributed by atoms with Gasteiger partial charge in [-0.15, -0.1) is 0 Å². The summed E-state index contributed by atoms with van der Waals surface area (Å²) >= 11 is 0. The van der Waals surface area contributed by atoms with Crippen LogP contribution in [0, 0.1) is 17.6 Å². The van der Waals surface area contributed by atoms with Gasteiger partial charge in [0.1, 0.15) is 17.3 Å². The lowest BCUT2D eigenvalue weighted by Gasteiger charge is -2.20. The maximum absolute atomic E-state index is 14.2. The lowest BCUT2D eigenvalue weighted by molar-refractivity contribution is 0.238. The van der Waals surface area contributed by atoms with E-state index in [1.54, 1.807) is 4.90 Å². The average Bonchev–Trinajstić information content (AvgIpc) is 3.13. The van der Waals surface area contributed by atoms with Crippen molar-refractivity contribution in [3.05, 3.63) is 29.3 Å². The lowest BCUT2D eigenvalue weighted by atomic mass is 10.1. The fourth-order valence-corrected chi connectivity index (χ4v) is 2.76. The maximum Gasteiger partial charge on any atom is 0.149 e. The molecule has 2 fully saturated rings. The Morgan fingerprint density at radius 3 is 2.45 bits per heavy atom. The van der Waals surface area contributed by atoms with Crippen LogP contribution in [0.4, 0.5) is 14.5 Å². The van der Waals surface area contributed by atoms with Crippen molar-refractivity contribution in [2.45, 2.75) is 31.8 Å². The molecule has 5 heteroatoms. The first kappa shape index (κ1) is 13.8. The molecule has 1 aromatic carbocycles. The molecule has 1 atom stereocenters. The van der Waals surface area contributed by atoms with Gasteiger partial charge in [0.05, 0.1) is 0 Å². The first-order valence-corrected chi connectivity index (χ1v) is 7.24. The Bertz CT molecular complexity index is 468. The molecule has 0 bridgehead atoms. The fraction of sp³-hybridized carbons (Fsp3) is 0.600. The average molecular weight is 282 g/mol. The van der Waals surface area contributed by atoms with Crippen molar-refractivity contribution < 1.29 is 13.9 Å². The molecule has 2 aliphatic rings. The molecule has 1 aromatic rings. The topological polar surface area (TPSA) is 35.5 Å². The Labute approximate surface area is 117 Å². The molecule has 0 radical (unpaired) electrons. The van der Waals surface area contributed by atoms with E-state index in [0.29, 0.717) is 31.2 Å². The van der Waals surface area contributed by atoms with E-state index in [1.165, 1.54) is 12.1 Å². The minimum atomic E-state index is -0.504. The summed E-state index contributed by atoms with van der Waals surface area (Å²) in [5.74, 6) is -0.891. The summed E-state index contributed by atoms with van der Waals surface area (Å²) in [6.07, 6.45) is 3.08. The van der Waals surface area contributed by atoms with E-state index in [-0.39, 0.29) is 18.2 Å².